The Hall–Kier alpha value is -2.14. The van der Waals surface area contributed by atoms with Crippen molar-refractivity contribution in [1.29, 1.82) is 0 Å². The van der Waals surface area contributed by atoms with E-state index < -0.39 is 20.0 Å². The number of hydrogen-bond donors (Lipinski definition) is 2. The fourth-order valence-corrected chi connectivity index (χ4v) is 5.35. The summed E-state index contributed by atoms with van der Waals surface area (Å²) in [5, 5.41) is 6.47. The Kier molecular flexibility index (Phi) is 5.41. The SMILES string of the molecule is CC1=NS(=O)(=O)c2cc(Cl)ccc2N1.CC1=NS(=O)(=O)c2cc(Cl)ccc2N1. The zero-order valence-corrected chi connectivity index (χ0v) is 17.7. The first-order valence-electron chi connectivity index (χ1n) is 7.74. The van der Waals surface area contributed by atoms with Crippen molar-refractivity contribution in [2.45, 2.75) is 23.6 Å². The predicted octanol–water partition coefficient (Wildman–Crippen LogP) is 3.75. The Morgan fingerprint density at radius 3 is 1.43 bits per heavy atom. The summed E-state index contributed by atoms with van der Waals surface area (Å²) in [6.07, 6.45) is 0. The van der Waals surface area contributed by atoms with E-state index in [9.17, 15) is 16.8 Å². The van der Waals surface area contributed by atoms with Gasteiger partial charge >= 0.3 is 0 Å². The minimum absolute atomic E-state index is 0.121. The number of halogens is 2. The molecule has 2 aromatic rings. The Morgan fingerprint density at radius 2 is 1.07 bits per heavy atom. The summed E-state index contributed by atoms with van der Waals surface area (Å²) in [7, 11) is -7.15. The zero-order chi connectivity index (χ0) is 20.7. The molecule has 2 N–H and O–H groups in total. The molecule has 0 unspecified atom stereocenters. The summed E-state index contributed by atoms with van der Waals surface area (Å²) in [4.78, 5) is 0.242. The minimum Gasteiger partial charge on any atom is -0.342 e. The van der Waals surface area contributed by atoms with E-state index in [1.807, 2.05) is 0 Å². The molecule has 0 atom stereocenters. The van der Waals surface area contributed by atoms with E-state index in [0.717, 1.165) is 0 Å². The lowest BCUT2D eigenvalue weighted by molar-refractivity contribution is 0.596. The largest absolute Gasteiger partial charge is 0.342 e. The molecule has 0 bridgehead atoms. The Morgan fingerprint density at radius 1 is 0.714 bits per heavy atom. The van der Waals surface area contributed by atoms with Crippen LogP contribution in [0, 0.1) is 0 Å². The summed E-state index contributed by atoms with van der Waals surface area (Å²) < 4.78 is 53.2. The van der Waals surface area contributed by atoms with E-state index in [1.54, 1.807) is 38.1 Å². The second-order valence-electron chi connectivity index (χ2n) is 5.83. The summed E-state index contributed by atoms with van der Waals surface area (Å²) >= 11 is 11.4. The fourth-order valence-electron chi connectivity index (χ4n) is 2.52. The van der Waals surface area contributed by atoms with Gasteiger partial charge in [-0.25, -0.2) is 0 Å². The second kappa shape index (κ2) is 7.36. The maximum Gasteiger partial charge on any atom is 0.286 e. The van der Waals surface area contributed by atoms with Gasteiger partial charge in [0, 0.05) is 10.0 Å². The highest BCUT2D eigenvalue weighted by molar-refractivity contribution is 7.90. The molecule has 2 aromatic carbocycles. The van der Waals surface area contributed by atoms with E-state index >= 15 is 0 Å². The predicted molar refractivity (Wildman–Crippen MR) is 111 cm³/mol. The first-order valence-corrected chi connectivity index (χ1v) is 11.4. The molecule has 4 rings (SSSR count). The molecule has 0 fully saturated rings. The summed E-state index contributed by atoms with van der Waals surface area (Å²) in [5.41, 5.74) is 1.03. The van der Waals surface area contributed by atoms with Crippen molar-refractivity contribution in [2.24, 2.45) is 8.80 Å². The quantitative estimate of drug-likeness (QED) is 0.617. The monoisotopic (exact) mass is 460 g/mol. The number of amidine groups is 2. The molecular formula is C16H14Cl2N4O4S2. The van der Waals surface area contributed by atoms with Crippen LogP contribution in [0.5, 0.6) is 0 Å². The van der Waals surface area contributed by atoms with Crippen molar-refractivity contribution in [3.05, 3.63) is 46.4 Å². The van der Waals surface area contributed by atoms with Crippen LogP contribution >= 0.6 is 23.2 Å². The molecule has 2 heterocycles. The number of sulfonamides is 2. The number of benzene rings is 2. The molecule has 0 saturated carbocycles. The second-order valence-corrected chi connectivity index (χ2v) is 9.85. The molecule has 2 aliphatic heterocycles. The van der Waals surface area contributed by atoms with Crippen molar-refractivity contribution >= 4 is 66.3 Å². The Bertz CT molecular complexity index is 1140. The van der Waals surface area contributed by atoms with Crippen LogP contribution in [0.3, 0.4) is 0 Å². The Balaban J connectivity index is 0.000000161. The van der Waals surface area contributed by atoms with Gasteiger partial charge in [-0.15, -0.1) is 8.80 Å². The van der Waals surface area contributed by atoms with Crippen molar-refractivity contribution in [1.82, 2.24) is 0 Å². The molecular weight excluding hydrogens is 447 g/mol. The smallest absolute Gasteiger partial charge is 0.286 e. The lowest BCUT2D eigenvalue weighted by Crippen LogP contribution is -2.18. The van der Waals surface area contributed by atoms with Crippen molar-refractivity contribution in [2.75, 3.05) is 10.6 Å². The van der Waals surface area contributed by atoms with Crippen LogP contribution in [-0.2, 0) is 20.0 Å². The molecule has 0 saturated heterocycles. The van der Waals surface area contributed by atoms with E-state index in [2.05, 4.69) is 19.4 Å². The van der Waals surface area contributed by atoms with Gasteiger partial charge in [0.25, 0.3) is 20.0 Å². The molecule has 12 heteroatoms. The first kappa shape index (κ1) is 20.6. The third-order valence-electron chi connectivity index (χ3n) is 3.59. The number of hydrogen-bond acceptors (Lipinski definition) is 6. The first-order chi connectivity index (χ1) is 13.0. The highest BCUT2D eigenvalue weighted by Gasteiger charge is 2.24. The van der Waals surface area contributed by atoms with E-state index in [1.165, 1.54) is 12.1 Å². The van der Waals surface area contributed by atoms with Gasteiger partial charge < -0.3 is 10.6 Å². The van der Waals surface area contributed by atoms with E-state index in [0.29, 0.717) is 33.1 Å². The molecule has 0 aliphatic carbocycles. The number of anilines is 2. The van der Waals surface area contributed by atoms with Gasteiger partial charge in [0.05, 0.1) is 11.4 Å². The van der Waals surface area contributed by atoms with Crippen molar-refractivity contribution in [3.63, 3.8) is 0 Å². The van der Waals surface area contributed by atoms with Crippen molar-refractivity contribution < 1.29 is 16.8 Å². The fraction of sp³-hybridized carbons (Fsp3) is 0.125. The van der Waals surface area contributed by atoms with Crippen LogP contribution in [0.15, 0.2) is 55.0 Å². The summed E-state index contributed by atoms with van der Waals surface area (Å²) in [5.74, 6) is 0.722. The van der Waals surface area contributed by atoms with Gasteiger partial charge in [-0.05, 0) is 50.2 Å². The third kappa shape index (κ3) is 4.30. The van der Waals surface area contributed by atoms with Gasteiger partial charge in [0.15, 0.2) is 0 Å². The van der Waals surface area contributed by atoms with Gasteiger partial charge in [-0.3, -0.25) is 0 Å². The maximum absolute atomic E-state index is 11.5. The van der Waals surface area contributed by atoms with Crippen molar-refractivity contribution in [3.8, 4) is 0 Å². The molecule has 2 aliphatic rings. The number of nitrogens with zero attached hydrogens (tertiary/aromatic N) is 2. The molecule has 8 nitrogen and oxygen atoms in total. The summed E-state index contributed by atoms with van der Waals surface area (Å²) in [6, 6.07) is 9.26. The van der Waals surface area contributed by atoms with Crippen LogP contribution in [0.25, 0.3) is 0 Å². The average molecular weight is 461 g/mol. The highest BCUT2D eigenvalue weighted by Crippen LogP contribution is 2.30. The minimum atomic E-state index is -3.57. The molecule has 0 spiro atoms. The molecule has 0 aromatic heterocycles. The molecule has 0 radical (unpaired) electrons. The normalized spacial score (nSPS) is 18.0. The van der Waals surface area contributed by atoms with Crippen LogP contribution in [0.4, 0.5) is 11.4 Å². The van der Waals surface area contributed by atoms with Gasteiger partial charge in [-0.1, -0.05) is 23.2 Å². The van der Waals surface area contributed by atoms with Gasteiger partial charge in [0.1, 0.15) is 21.5 Å². The Labute approximate surface area is 172 Å². The number of rotatable bonds is 0. The topological polar surface area (TPSA) is 117 Å². The zero-order valence-electron chi connectivity index (χ0n) is 14.6. The van der Waals surface area contributed by atoms with Crippen LogP contribution in [0.1, 0.15) is 13.8 Å². The molecule has 148 valence electrons. The van der Waals surface area contributed by atoms with E-state index in [-0.39, 0.29) is 9.79 Å². The molecule has 0 amide bonds. The average Bonchev–Trinajstić information content (AvgIpc) is 2.56. The van der Waals surface area contributed by atoms with Crippen LogP contribution in [0.2, 0.25) is 10.0 Å². The number of nitrogens with one attached hydrogen (secondary N) is 2. The van der Waals surface area contributed by atoms with Gasteiger partial charge in [0.2, 0.25) is 0 Å². The van der Waals surface area contributed by atoms with Gasteiger partial charge in [-0.2, -0.15) is 16.8 Å². The maximum atomic E-state index is 11.5. The lowest BCUT2D eigenvalue weighted by Gasteiger charge is -2.15. The number of fused-ring (bicyclic) bond motifs is 2. The highest BCUT2D eigenvalue weighted by atomic mass is 35.5. The lowest BCUT2D eigenvalue weighted by atomic mass is 10.3. The third-order valence-corrected chi connectivity index (χ3v) is 6.87. The van der Waals surface area contributed by atoms with Crippen LogP contribution < -0.4 is 10.6 Å². The standard InChI is InChI=1S/2C8H7ClN2O2S/c2*1-5-10-7-3-2-6(9)4-8(7)14(12,13)11-5/h2*2-4H,1H3,(H,10,11). The van der Waals surface area contributed by atoms with E-state index in [4.69, 9.17) is 23.2 Å². The molecule has 28 heavy (non-hydrogen) atoms. The van der Waals surface area contributed by atoms with Crippen LogP contribution in [-0.4, -0.2) is 28.5 Å². The summed E-state index contributed by atoms with van der Waals surface area (Å²) in [6.45, 7) is 3.18.